The van der Waals surface area contributed by atoms with E-state index >= 15 is 0 Å². The van der Waals surface area contributed by atoms with E-state index in [0.29, 0.717) is 18.7 Å². The highest BCUT2D eigenvalue weighted by Crippen LogP contribution is 2.35. The predicted molar refractivity (Wildman–Crippen MR) is 82.8 cm³/mol. The van der Waals surface area contributed by atoms with Crippen molar-refractivity contribution in [2.24, 2.45) is 5.92 Å². The van der Waals surface area contributed by atoms with E-state index in [1.54, 1.807) is 0 Å². The second kappa shape index (κ2) is 6.33. The van der Waals surface area contributed by atoms with Crippen LogP contribution in [0.4, 0.5) is 0 Å². The normalized spacial score (nSPS) is 35.9. The predicted octanol–water partition coefficient (Wildman–Crippen LogP) is 2.53. The monoisotopic (exact) mass is 280 g/mol. The third kappa shape index (κ3) is 3.55. The van der Waals surface area contributed by atoms with Gasteiger partial charge in [-0.3, -0.25) is 0 Å². The Morgan fingerprint density at radius 3 is 2.50 bits per heavy atom. The standard InChI is InChI=1S/C17H32N2O/c1-19(12-14-5-2-3-6-14)16-7-4-10-17(11-16,13-20)18-15-8-9-15/h14-16,18,20H,2-13H2,1H3. The summed E-state index contributed by atoms with van der Waals surface area (Å²) in [4.78, 5) is 2.61. The topological polar surface area (TPSA) is 35.5 Å². The van der Waals surface area contributed by atoms with Crippen LogP contribution in [-0.2, 0) is 0 Å². The molecule has 2 unspecified atom stereocenters. The highest BCUT2D eigenvalue weighted by molar-refractivity contribution is 5.00. The lowest BCUT2D eigenvalue weighted by Gasteiger charge is -2.44. The van der Waals surface area contributed by atoms with E-state index in [-0.39, 0.29) is 5.54 Å². The maximum Gasteiger partial charge on any atom is 0.0613 e. The maximum atomic E-state index is 9.92. The number of aliphatic hydroxyl groups is 1. The van der Waals surface area contributed by atoms with Gasteiger partial charge < -0.3 is 15.3 Å². The average molecular weight is 280 g/mol. The van der Waals surface area contributed by atoms with Crippen LogP contribution in [0.2, 0.25) is 0 Å². The molecule has 0 bridgehead atoms. The first-order valence-electron chi connectivity index (χ1n) is 8.79. The lowest BCUT2D eigenvalue weighted by molar-refractivity contribution is 0.0627. The second-order valence-electron chi connectivity index (χ2n) is 7.70. The van der Waals surface area contributed by atoms with Gasteiger partial charge in [0.1, 0.15) is 0 Å². The Morgan fingerprint density at radius 1 is 1.10 bits per heavy atom. The molecule has 0 aromatic rings. The van der Waals surface area contributed by atoms with Gasteiger partial charge in [0.25, 0.3) is 0 Å². The van der Waals surface area contributed by atoms with Gasteiger partial charge in [-0.25, -0.2) is 0 Å². The van der Waals surface area contributed by atoms with Crippen molar-refractivity contribution < 1.29 is 5.11 Å². The molecule has 3 aliphatic carbocycles. The van der Waals surface area contributed by atoms with Crippen LogP contribution in [0.25, 0.3) is 0 Å². The van der Waals surface area contributed by atoms with Gasteiger partial charge in [-0.1, -0.05) is 12.8 Å². The van der Waals surface area contributed by atoms with E-state index in [1.165, 1.54) is 57.9 Å². The van der Waals surface area contributed by atoms with Crippen LogP contribution in [0.1, 0.15) is 64.2 Å². The third-order valence-electron chi connectivity index (χ3n) is 5.85. The van der Waals surface area contributed by atoms with Crippen LogP contribution < -0.4 is 5.32 Å². The molecule has 0 amide bonds. The molecule has 3 saturated carbocycles. The number of nitrogens with zero attached hydrogens (tertiary/aromatic N) is 1. The van der Waals surface area contributed by atoms with Crippen molar-refractivity contribution in [2.75, 3.05) is 20.2 Å². The fourth-order valence-corrected chi connectivity index (χ4v) is 4.44. The molecule has 0 spiro atoms. The quantitative estimate of drug-likeness (QED) is 0.785. The molecule has 0 aliphatic heterocycles. The molecule has 3 aliphatic rings. The number of aliphatic hydroxyl groups excluding tert-OH is 1. The molecule has 116 valence electrons. The molecule has 0 aromatic carbocycles. The zero-order valence-electron chi connectivity index (χ0n) is 13.1. The highest BCUT2D eigenvalue weighted by Gasteiger charge is 2.40. The van der Waals surface area contributed by atoms with E-state index < -0.39 is 0 Å². The fourth-order valence-electron chi connectivity index (χ4n) is 4.44. The van der Waals surface area contributed by atoms with Crippen LogP contribution in [0, 0.1) is 5.92 Å². The van der Waals surface area contributed by atoms with E-state index in [0.717, 1.165) is 18.8 Å². The van der Waals surface area contributed by atoms with E-state index in [4.69, 9.17) is 0 Å². The number of nitrogens with one attached hydrogen (secondary N) is 1. The lowest BCUT2D eigenvalue weighted by atomic mass is 9.78. The molecule has 3 heteroatoms. The first-order valence-corrected chi connectivity index (χ1v) is 8.79. The van der Waals surface area contributed by atoms with Crippen LogP contribution in [0.15, 0.2) is 0 Å². The molecular formula is C17H32N2O. The van der Waals surface area contributed by atoms with Crippen molar-refractivity contribution in [1.82, 2.24) is 10.2 Å². The molecule has 0 radical (unpaired) electrons. The first-order chi connectivity index (χ1) is 9.71. The van der Waals surface area contributed by atoms with Crippen molar-refractivity contribution in [3.8, 4) is 0 Å². The Hall–Kier alpha value is -0.120. The summed E-state index contributed by atoms with van der Waals surface area (Å²) in [6.45, 7) is 1.59. The van der Waals surface area contributed by atoms with E-state index in [9.17, 15) is 5.11 Å². The minimum Gasteiger partial charge on any atom is -0.394 e. The minimum absolute atomic E-state index is 0.0218. The van der Waals surface area contributed by atoms with Crippen LogP contribution in [-0.4, -0.2) is 47.8 Å². The summed E-state index contributed by atoms with van der Waals surface area (Å²) in [5, 5.41) is 13.7. The summed E-state index contributed by atoms with van der Waals surface area (Å²) < 4.78 is 0. The van der Waals surface area contributed by atoms with Crippen LogP contribution in [0.3, 0.4) is 0 Å². The summed E-state index contributed by atoms with van der Waals surface area (Å²) in [6.07, 6.45) is 13.2. The van der Waals surface area contributed by atoms with Crippen molar-refractivity contribution in [2.45, 2.75) is 81.8 Å². The zero-order chi connectivity index (χ0) is 14.0. The summed E-state index contributed by atoms with van der Waals surface area (Å²) >= 11 is 0. The molecule has 2 atom stereocenters. The molecule has 0 aromatic heterocycles. The Morgan fingerprint density at radius 2 is 1.85 bits per heavy atom. The molecule has 20 heavy (non-hydrogen) atoms. The SMILES string of the molecule is CN(CC1CCCC1)C1CCCC(CO)(NC2CC2)C1. The molecule has 2 N–H and O–H groups in total. The van der Waals surface area contributed by atoms with Crippen LogP contribution >= 0.6 is 0 Å². The van der Waals surface area contributed by atoms with Gasteiger partial charge in [0.15, 0.2) is 0 Å². The zero-order valence-corrected chi connectivity index (χ0v) is 13.1. The Bertz CT molecular complexity index is 312. The Balaban J connectivity index is 1.55. The lowest BCUT2D eigenvalue weighted by Crippen LogP contribution is -2.56. The Kier molecular flexibility index (Phi) is 4.68. The van der Waals surface area contributed by atoms with Crippen molar-refractivity contribution in [3.63, 3.8) is 0 Å². The molecule has 0 heterocycles. The molecule has 3 nitrogen and oxygen atoms in total. The average Bonchev–Trinajstić information content (AvgIpc) is 3.12. The number of rotatable bonds is 6. The van der Waals surface area contributed by atoms with Crippen LogP contribution in [0.5, 0.6) is 0 Å². The maximum absolute atomic E-state index is 9.92. The number of hydrogen-bond donors (Lipinski definition) is 2. The van der Waals surface area contributed by atoms with Gasteiger partial charge in [0.2, 0.25) is 0 Å². The van der Waals surface area contributed by atoms with E-state index in [1.807, 2.05) is 0 Å². The smallest absolute Gasteiger partial charge is 0.0613 e. The third-order valence-corrected chi connectivity index (χ3v) is 5.85. The van der Waals surface area contributed by atoms with Gasteiger partial charge in [0.05, 0.1) is 6.61 Å². The summed E-state index contributed by atoms with van der Waals surface area (Å²) in [5.74, 6) is 0.932. The van der Waals surface area contributed by atoms with Gasteiger partial charge >= 0.3 is 0 Å². The fraction of sp³-hybridized carbons (Fsp3) is 1.00. The minimum atomic E-state index is 0.0218. The first kappa shape index (κ1) is 14.8. The Labute approximate surface area is 124 Å². The van der Waals surface area contributed by atoms with E-state index in [2.05, 4.69) is 17.3 Å². The van der Waals surface area contributed by atoms with Gasteiger partial charge in [-0.05, 0) is 64.3 Å². The highest BCUT2D eigenvalue weighted by atomic mass is 16.3. The van der Waals surface area contributed by atoms with Crippen molar-refractivity contribution in [3.05, 3.63) is 0 Å². The molecule has 3 rings (SSSR count). The number of hydrogen-bond acceptors (Lipinski definition) is 3. The van der Waals surface area contributed by atoms with Crippen molar-refractivity contribution in [1.29, 1.82) is 0 Å². The molecule has 0 saturated heterocycles. The van der Waals surface area contributed by atoms with Gasteiger partial charge in [-0.15, -0.1) is 0 Å². The summed E-state index contributed by atoms with van der Waals surface area (Å²) in [7, 11) is 2.31. The van der Waals surface area contributed by atoms with Crippen molar-refractivity contribution >= 4 is 0 Å². The van der Waals surface area contributed by atoms with Gasteiger partial charge in [0, 0.05) is 24.2 Å². The largest absolute Gasteiger partial charge is 0.394 e. The summed E-state index contributed by atoms with van der Waals surface area (Å²) in [6, 6.07) is 1.36. The molecular weight excluding hydrogens is 248 g/mol. The second-order valence-corrected chi connectivity index (χ2v) is 7.70. The summed E-state index contributed by atoms with van der Waals surface area (Å²) in [5.41, 5.74) is 0.0218. The molecule has 3 fully saturated rings. The van der Waals surface area contributed by atoms with Gasteiger partial charge in [-0.2, -0.15) is 0 Å².